The van der Waals surface area contributed by atoms with Crippen LogP contribution in [0.5, 0.6) is 0 Å². The summed E-state index contributed by atoms with van der Waals surface area (Å²) in [6, 6.07) is 7.24. The molecule has 0 unspecified atom stereocenters. The Morgan fingerprint density at radius 3 is 2.41 bits per heavy atom. The van der Waals surface area contributed by atoms with E-state index in [2.05, 4.69) is 20.2 Å². The zero-order chi connectivity index (χ0) is 22.7. The molecule has 0 radical (unpaired) electrons. The number of aromatic nitrogens is 4. The number of aromatic amines is 1. The van der Waals surface area contributed by atoms with Crippen molar-refractivity contribution in [2.24, 2.45) is 0 Å². The summed E-state index contributed by atoms with van der Waals surface area (Å²) in [7, 11) is 0. The van der Waals surface area contributed by atoms with Gasteiger partial charge in [-0.2, -0.15) is 18.3 Å². The van der Waals surface area contributed by atoms with Crippen LogP contribution in [0.1, 0.15) is 48.7 Å². The van der Waals surface area contributed by atoms with Crippen molar-refractivity contribution in [2.75, 3.05) is 13.1 Å². The molecule has 32 heavy (non-hydrogen) atoms. The molecule has 1 N–H and O–H groups in total. The Morgan fingerprint density at radius 1 is 1.09 bits per heavy atom. The van der Waals surface area contributed by atoms with Gasteiger partial charge in [0, 0.05) is 43.2 Å². The van der Waals surface area contributed by atoms with Gasteiger partial charge in [-0.1, -0.05) is 18.2 Å². The number of H-pyrrole nitrogens is 1. The number of fused-ring (bicyclic) bond motifs is 1. The monoisotopic (exact) mass is 445 g/mol. The Hall–Kier alpha value is -3.30. The summed E-state index contributed by atoms with van der Waals surface area (Å²) >= 11 is 0. The minimum atomic E-state index is -4.45. The number of hydrogen-bond donors (Lipinski definition) is 1. The van der Waals surface area contributed by atoms with Crippen LogP contribution in [0.3, 0.4) is 0 Å². The number of amides is 1. The molecule has 168 valence electrons. The number of nitrogens with one attached hydrogen (secondary N) is 1. The number of rotatable bonds is 5. The van der Waals surface area contributed by atoms with Gasteiger partial charge < -0.3 is 4.90 Å². The molecule has 1 aliphatic rings. The molecular formula is C22H22F3N5O2. The quantitative estimate of drug-likeness (QED) is 0.650. The van der Waals surface area contributed by atoms with E-state index in [1.54, 1.807) is 17.0 Å². The van der Waals surface area contributed by atoms with Crippen molar-refractivity contribution < 1.29 is 18.0 Å². The highest BCUT2D eigenvalue weighted by molar-refractivity contribution is 5.83. The summed E-state index contributed by atoms with van der Waals surface area (Å²) in [6.45, 7) is 1.04. The number of carbonyl (C=O) groups excluding carboxylic acids is 1. The zero-order valence-electron chi connectivity index (χ0n) is 17.2. The van der Waals surface area contributed by atoms with Crippen molar-refractivity contribution >= 4 is 16.7 Å². The molecule has 1 fully saturated rings. The van der Waals surface area contributed by atoms with Gasteiger partial charge in [0.25, 0.3) is 5.56 Å². The van der Waals surface area contributed by atoms with Crippen LogP contribution in [0, 0.1) is 0 Å². The summed E-state index contributed by atoms with van der Waals surface area (Å²) in [5.41, 5.74) is -0.342. The Morgan fingerprint density at radius 2 is 1.75 bits per heavy atom. The summed E-state index contributed by atoms with van der Waals surface area (Å²) in [5.74, 6) is 0.365. The number of piperidine rings is 1. The number of benzene rings is 1. The first kappa shape index (κ1) is 21.9. The maximum Gasteiger partial charge on any atom is 0.419 e. The fraction of sp³-hybridized carbons (Fsp3) is 0.409. The third-order valence-electron chi connectivity index (χ3n) is 5.79. The highest BCUT2D eigenvalue weighted by atomic mass is 19.4. The Kier molecular flexibility index (Phi) is 6.20. The summed E-state index contributed by atoms with van der Waals surface area (Å²) in [6.07, 6.45) is -0.0697. The van der Waals surface area contributed by atoms with E-state index in [0.29, 0.717) is 56.4 Å². The van der Waals surface area contributed by atoms with Gasteiger partial charge in [-0.25, -0.2) is 15.1 Å². The number of likely N-dealkylation sites (tertiary alicyclic amines) is 1. The van der Waals surface area contributed by atoms with Crippen LogP contribution in [0.4, 0.5) is 13.2 Å². The topological polar surface area (TPSA) is 91.8 Å². The van der Waals surface area contributed by atoms with E-state index in [-0.39, 0.29) is 17.4 Å². The number of carbonyl (C=O) groups is 1. The van der Waals surface area contributed by atoms with Crippen LogP contribution in [0.15, 0.2) is 41.5 Å². The van der Waals surface area contributed by atoms with Gasteiger partial charge >= 0.3 is 6.18 Å². The van der Waals surface area contributed by atoms with Crippen molar-refractivity contribution in [3.05, 3.63) is 64.1 Å². The van der Waals surface area contributed by atoms with E-state index in [0.717, 1.165) is 23.5 Å². The highest BCUT2D eigenvalue weighted by Gasteiger charge is 2.32. The van der Waals surface area contributed by atoms with Crippen molar-refractivity contribution in [3.63, 3.8) is 0 Å². The predicted octanol–water partition coefficient (Wildman–Crippen LogP) is 3.46. The SMILES string of the molecule is O=C(CCCc1n[nH]c(=O)c2ccccc12)N1CCC(c2ncc(C(F)(F)F)cn2)CC1. The van der Waals surface area contributed by atoms with E-state index in [1.807, 2.05) is 12.1 Å². The standard InChI is InChI=1S/C22H22F3N5O2/c23-22(24,25)15-12-26-20(27-13-15)14-8-10-30(11-9-14)19(31)7-3-6-18-16-4-1-2-5-17(16)21(32)29-28-18/h1-2,4-5,12-14H,3,6-11H2,(H,29,32). The largest absolute Gasteiger partial charge is 0.419 e. The second kappa shape index (κ2) is 9.05. The van der Waals surface area contributed by atoms with Crippen molar-refractivity contribution in [1.82, 2.24) is 25.1 Å². The van der Waals surface area contributed by atoms with E-state index >= 15 is 0 Å². The molecule has 0 aliphatic carbocycles. The molecule has 2 aromatic heterocycles. The predicted molar refractivity (Wildman–Crippen MR) is 111 cm³/mol. The van der Waals surface area contributed by atoms with E-state index in [4.69, 9.17) is 0 Å². The average molecular weight is 445 g/mol. The highest BCUT2D eigenvalue weighted by Crippen LogP contribution is 2.30. The molecular weight excluding hydrogens is 423 g/mol. The summed E-state index contributed by atoms with van der Waals surface area (Å²) in [5, 5.41) is 8.01. The van der Waals surface area contributed by atoms with Crippen LogP contribution in [-0.4, -0.2) is 44.1 Å². The van der Waals surface area contributed by atoms with Crippen LogP contribution in [0.25, 0.3) is 10.8 Å². The maximum absolute atomic E-state index is 12.7. The lowest BCUT2D eigenvalue weighted by Gasteiger charge is -2.31. The molecule has 0 saturated carbocycles. The van der Waals surface area contributed by atoms with Crippen LogP contribution >= 0.6 is 0 Å². The summed E-state index contributed by atoms with van der Waals surface area (Å²) in [4.78, 5) is 34.0. The molecule has 4 rings (SSSR count). The molecule has 1 aliphatic heterocycles. The normalized spacial score (nSPS) is 15.3. The number of alkyl halides is 3. The third kappa shape index (κ3) is 4.79. The lowest BCUT2D eigenvalue weighted by molar-refractivity contribution is -0.138. The van der Waals surface area contributed by atoms with Crippen LogP contribution in [-0.2, 0) is 17.4 Å². The summed E-state index contributed by atoms with van der Waals surface area (Å²) < 4.78 is 38.0. The molecule has 0 bridgehead atoms. The first-order valence-corrected chi connectivity index (χ1v) is 10.5. The number of halogens is 3. The van der Waals surface area contributed by atoms with Gasteiger partial charge in [0.05, 0.1) is 16.6 Å². The third-order valence-corrected chi connectivity index (χ3v) is 5.79. The van der Waals surface area contributed by atoms with E-state index < -0.39 is 11.7 Å². The molecule has 0 spiro atoms. The molecule has 1 saturated heterocycles. The minimum absolute atomic E-state index is 0.0329. The molecule has 7 nitrogen and oxygen atoms in total. The molecule has 1 aromatic carbocycles. The van der Waals surface area contributed by atoms with Gasteiger partial charge in [0.1, 0.15) is 5.82 Å². The number of nitrogens with zero attached hydrogens (tertiary/aromatic N) is 4. The first-order valence-electron chi connectivity index (χ1n) is 10.5. The lowest BCUT2D eigenvalue weighted by atomic mass is 9.95. The number of hydrogen-bond acceptors (Lipinski definition) is 5. The fourth-order valence-corrected chi connectivity index (χ4v) is 4.01. The van der Waals surface area contributed by atoms with E-state index in [1.165, 1.54) is 0 Å². The van der Waals surface area contributed by atoms with Gasteiger partial charge in [0.2, 0.25) is 5.91 Å². The molecule has 0 atom stereocenters. The van der Waals surface area contributed by atoms with Gasteiger partial charge in [0.15, 0.2) is 0 Å². The fourth-order valence-electron chi connectivity index (χ4n) is 4.01. The van der Waals surface area contributed by atoms with Crippen molar-refractivity contribution in [2.45, 2.75) is 44.2 Å². The molecule has 10 heteroatoms. The van der Waals surface area contributed by atoms with Gasteiger partial charge in [-0.05, 0) is 31.7 Å². The van der Waals surface area contributed by atoms with Gasteiger partial charge in [-0.3, -0.25) is 9.59 Å². The first-order chi connectivity index (χ1) is 15.3. The maximum atomic E-state index is 12.7. The lowest BCUT2D eigenvalue weighted by Crippen LogP contribution is -2.38. The smallest absolute Gasteiger partial charge is 0.343 e. The second-order valence-corrected chi connectivity index (χ2v) is 7.88. The molecule has 1 amide bonds. The van der Waals surface area contributed by atoms with E-state index in [9.17, 15) is 22.8 Å². The van der Waals surface area contributed by atoms with Crippen LogP contribution < -0.4 is 5.56 Å². The van der Waals surface area contributed by atoms with Crippen LogP contribution in [0.2, 0.25) is 0 Å². The van der Waals surface area contributed by atoms with Crippen molar-refractivity contribution in [1.29, 1.82) is 0 Å². The minimum Gasteiger partial charge on any atom is -0.343 e. The average Bonchev–Trinajstić information content (AvgIpc) is 2.80. The Balaban J connectivity index is 1.28. The zero-order valence-corrected chi connectivity index (χ0v) is 17.2. The Bertz CT molecular complexity index is 1150. The molecule has 3 heterocycles. The Labute approximate surface area is 181 Å². The second-order valence-electron chi connectivity index (χ2n) is 7.88. The van der Waals surface area contributed by atoms with Gasteiger partial charge in [-0.15, -0.1) is 0 Å². The van der Waals surface area contributed by atoms with Crippen molar-refractivity contribution in [3.8, 4) is 0 Å². The number of aryl methyl sites for hydroxylation is 1. The molecule has 3 aromatic rings.